The van der Waals surface area contributed by atoms with Crippen molar-refractivity contribution in [1.29, 1.82) is 0 Å². The van der Waals surface area contributed by atoms with Crippen molar-refractivity contribution < 1.29 is 24.0 Å². The lowest BCUT2D eigenvalue weighted by atomic mass is 11.0. The quantitative estimate of drug-likeness (QED) is 0.509. The number of carbonyl (C=O) groups excluding carboxylic acids is 3. The van der Waals surface area contributed by atoms with Gasteiger partial charge in [-0.2, -0.15) is 0 Å². The number of hydrogen-bond donors (Lipinski definition) is 0. The SMILES string of the molecule is CN(C)P12=NOC(=O)N1C(=O)OC(=O)N2C. The van der Waals surface area contributed by atoms with Crippen molar-refractivity contribution in [3.8, 4) is 0 Å². The minimum absolute atomic E-state index is 0.731. The van der Waals surface area contributed by atoms with Gasteiger partial charge >= 0.3 is 18.3 Å². The molecule has 0 bridgehead atoms. The molecule has 1 saturated heterocycles. The maximum Gasteiger partial charge on any atom is 0.452 e. The molecule has 1 atom stereocenters. The Morgan fingerprint density at radius 3 is 2.38 bits per heavy atom. The van der Waals surface area contributed by atoms with Crippen molar-refractivity contribution in [2.24, 2.45) is 4.91 Å². The second-order valence-electron chi connectivity index (χ2n) is 3.29. The Bertz CT molecular complexity index is 446. The van der Waals surface area contributed by atoms with Gasteiger partial charge in [0.25, 0.3) is 7.51 Å². The molecular weight excluding hydrogens is 239 g/mol. The number of hydrogen-bond acceptors (Lipinski definition) is 7. The maximum atomic E-state index is 11.4. The highest BCUT2D eigenvalue weighted by molar-refractivity contribution is 7.61. The number of amides is 3. The Balaban J connectivity index is 2.61. The average Bonchev–Trinajstić information content (AvgIpc) is 2.54. The van der Waals surface area contributed by atoms with E-state index in [2.05, 4.69) is 14.5 Å². The first-order valence-electron chi connectivity index (χ1n) is 4.22. The molecule has 88 valence electrons. The zero-order valence-corrected chi connectivity index (χ0v) is 9.67. The minimum atomic E-state index is -2.95. The van der Waals surface area contributed by atoms with E-state index in [1.807, 2.05) is 0 Å². The highest BCUT2D eigenvalue weighted by Gasteiger charge is 2.56. The van der Waals surface area contributed by atoms with Gasteiger partial charge in [0.15, 0.2) is 0 Å². The molecule has 0 aromatic carbocycles. The first-order valence-corrected chi connectivity index (χ1v) is 5.82. The van der Waals surface area contributed by atoms with E-state index in [-0.39, 0.29) is 0 Å². The lowest BCUT2D eigenvalue weighted by molar-refractivity contribution is 0.108. The Morgan fingerprint density at radius 1 is 1.19 bits per heavy atom. The summed E-state index contributed by atoms with van der Waals surface area (Å²) in [6, 6.07) is 0. The highest BCUT2D eigenvalue weighted by atomic mass is 31.2. The van der Waals surface area contributed by atoms with Gasteiger partial charge in [0.05, 0.1) is 0 Å². The molecule has 2 rings (SSSR count). The molecule has 10 heteroatoms. The van der Waals surface area contributed by atoms with Crippen molar-refractivity contribution in [1.82, 2.24) is 14.0 Å². The number of carbonyl (C=O) groups is 3. The van der Waals surface area contributed by atoms with Gasteiger partial charge in [-0.3, -0.25) is 4.84 Å². The fourth-order valence-electron chi connectivity index (χ4n) is 1.46. The molecule has 2 aliphatic rings. The van der Waals surface area contributed by atoms with Crippen LogP contribution in [0.4, 0.5) is 14.4 Å². The summed E-state index contributed by atoms with van der Waals surface area (Å²) >= 11 is 0. The van der Waals surface area contributed by atoms with Crippen molar-refractivity contribution in [2.75, 3.05) is 21.1 Å². The van der Waals surface area contributed by atoms with E-state index < -0.39 is 25.8 Å². The molecule has 0 N–H and O–H groups in total. The molecule has 0 spiro atoms. The third kappa shape index (κ3) is 1.09. The average molecular weight is 248 g/mol. The van der Waals surface area contributed by atoms with Crippen LogP contribution >= 0.6 is 7.51 Å². The normalized spacial score (nSPS) is 28.9. The summed E-state index contributed by atoms with van der Waals surface area (Å²) in [5, 5.41) is 0. The van der Waals surface area contributed by atoms with Crippen LogP contribution < -0.4 is 0 Å². The molecule has 0 radical (unpaired) electrons. The van der Waals surface area contributed by atoms with Gasteiger partial charge in [0, 0.05) is 7.05 Å². The predicted octanol–water partition coefficient (Wildman–Crippen LogP) is 1.06. The molecule has 16 heavy (non-hydrogen) atoms. The molecule has 1 unspecified atom stereocenters. The van der Waals surface area contributed by atoms with Gasteiger partial charge in [-0.1, -0.05) is 0 Å². The van der Waals surface area contributed by atoms with E-state index >= 15 is 0 Å². The largest absolute Gasteiger partial charge is 0.452 e. The van der Waals surface area contributed by atoms with Crippen LogP contribution in [0.5, 0.6) is 0 Å². The number of fused-ring (bicyclic) bond motifs is 1. The van der Waals surface area contributed by atoms with Crippen LogP contribution in [0.1, 0.15) is 0 Å². The second-order valence-corrected chi connectivity index (χ2v) is 6.33. The first kappa shape index (κ1) is 10.9. The van der Waals surface area contributed by atoms with Crippen LogP contribution in [0.2, 0.25) is 0 Å². The Morgan fingerprint density at radius 2 is 1.81 bits per heavy atom. The molecule has 1 fully saturated rings. The molecule has 2 aliphatic heterocycles. The predicted molar refractivity (Wildman–Crippen MR) is 51.0 cm³/mol. The molecular formula is C6H9N4O5P. The lowest BCUT2D eigenvalue weighted by Gasteiger charge is -2.39. The van der Waals surface area contributed by atoms with Gasteiger partial charge < -0.3 is 4.74 Å². The molecule has 0 aliphatic carbocycles. The number of nitrogens with zero attached hydrogens (tertiary/aromatic N) is 4. The topological polar surface area (TPSA) is 91.7 Å². The first-order chi connectivity index (χ1) is 7.41. The Hall–Kier alpha value is -1.60. The van der Waals surface area contributed by atoms with Gasteiger partial charge in [0.1, 0.15) is 0 Å². The minimum Gasteiger partial charge on any atom is -0.358 e. The van der Waals surface area contributed by atoms with E-state index in [9.17, 15) is 14.4 Å². The molecule has 0 saturated carbocycles. The van der Waals surface area contributed by atoms with Gasteiger partial charge in [-0.15, -0.1) is 4.67 Å². The zero-order valence-electron chi connectivity index (χ0n) is 8.78. The summed E-state index contributed by atoms with van der Waals surface area (Å²) in [5.74, 6) is 0. The summed E-state index contributed by atoms with van der Waals surface area (Å²) in [6.07, 6.45) is -2.85. The fourth-order valence-corrected chi connectivity index (χ4v) is 3.91. The second kappa shape index (κ2) is 3.19. The van der Waals surface area contributed by atoms with Gasteiger partial charge in [-0.05, 0) is 19.0 Å². The standard InChI is InChI=1S/C6H9N4O5P/c1-8(2)16-7-15-6(13)10(16)5(12)14-4(11)9(16)3/h1-3H3. The monoisotopic (exact) mass is 248 g/mol. The molecule has 0 aromatic heterocycles. The third-order valence-corrected chi connectivity index (χ3v) is 5.43. The molecule has 9 nitrogen and oxygen atoms in total. The maximum absolute atomic E-state index is 11.4. The molecule has 3 amide bonds. The van der Waals surface area contributed by atoms with Crippen LogP contribution in [-0.4, -0.2) is 53.4 Å². The summed E-state index contributed by atoms with van der Waals surface area (Å²) in [4.78, 5) is 42.3. The van der Waals surface area contributed by atoms with Gasteiger partial charge in [-0.25, -0.2) is 23.7 Å². The molecule has 0 aromatic rings. The van der Waals surface area contributed by atoms with Crippen LogP contribution in [0.25, 0.3) is 0 Å². The summed E-state index contributed by atoms with van der Waals surface area (Å²) in [5.41, 5.74) is 0. The smallest absolute Gasteiger partial charge is 0.358 e. The fraction of sp³-hybridized carbons (Fsp3) is 0.500. The highest BCUT2D eigenvalue weighted by Crippen LogP contribution is 2.62. The van der Waals surface area contributed by atoms with E-state index in [0.717, 1.165) is 9.34 Å². The van der Waals surface area contributed by atoms with Crippen LogP contribution in [0.15, 0.2) is 4.91 Å². The van der Waals surface area contributed by atoms with Gasteiger partial charge in [0.2, 0.25) is 0 Å². The Labute approximate surface area is 90.7 Å². The van der Waals surface area contributed by atoms with E-state index in [1.54, 1.807) is 14.1 Å². The lowest BCUT2D eigenvalue weighted by Crippen LogP contribution is -2.48. The molecule has 2 heterocycles. The zero-order chi connectivity index (χ0) is 12.1. The van der Waals surface area contributed by atoms with E-state index in [4.69, 9.17) is 0 Å². The summed E-state index contributed by atoms with van der Waals surface area (Å²) in [7, 11) is 1.62. The number of ether oxygens (including phenoxy) is 1. The Kier molecular flexibility index (Phi) is 2.18. The third-order valence-electron chi connectivity index (χ3n) is 2.22. The van der Waals surface area contributed by atoms with E-state index in [0.29, 0.717) is 0 Å². The van der Waals surface area contributed by atoms with Crippen molar-refractivity contribution in [3.05, 3.63) is 0 Å². The van der Waals surface area contributed by atoms with Crippen LogP contribution in [-0.2, 0) is 9.57 Å². The number of imide groups is 1. The number of rotatable bonds is 1. The number of cyclic esters (lactones) is 2. The summed E-state index contributed by atoms with van der Waals surface area (Å²) in [6.45, 7) is 0. The van der Waals surface area contributed by atoms with Crippen molar-refractivity contribution >= 4 is 25.8 Å². The summed E-state index contributed by atoms with van der Waals surface area (Å²) < 4.78 is 7.70. The van der Waals surface area contributed by atoms with Crippen LogP contribution in [0, 0.1) is 0 Å². The van der Waals surface area contributed by atoms with Crippen molar-refractivity contribution in [2.45, 2.75) is 0 Å². The van der Waals surface area contributed by atoms with E-state index in [1.165, 1.54) is 11.7 Å². The van der Waals surface area contributed by atoms with Crippen molar-refractivity contribution in [3.63, 3.8) is 0 Å². The van der Waals surface area contributed by atoms with Crippen LogP contribution in [0.3, 0.4) is 0 Å².